The number of carbonyl (C=O) groups is 3. The number of nitrogens with two attached hydrogens (primary N) is 1. The first kappa shape index (κ1) is 14.1. The SMILES string of the molecule is CC(=O)C[C@@H](SC[C@H](N)C(=O)O)C(C)=O. The van der Waals surface area contributed by atoms with Crippen molar-refractivity contribution in [3.05, 3.63) is 0 Å². The molecule has 15 heavy (non-hydrogen) atoms. The Balaban J connectivity index is 4.13. The second-order valence-electron chi connectivity index (χ2n) is 3.28. The first-order valence-electron chi connectivity index (χ1n) is 4.44. The summed E-state index contributed by atoms with van der Waals surface area (Å²) < 4.78 is 0. The molecule has 5 nitrogen and oxygen atoms in total. The van der Waals surface area contributed by atoms with Gasteiger partial charge in [-0.2, -0.15) is 0 Å². The van der Waals surface area contributed by atoms with Gasteiger partial charge in [0.25, 0.3) is 0 Å². The number of aliphatic carboxylic acids is 1. The molecule has 6 heteroatoms. The van der Waals surface area contributed by atoms with Crippen LogP contribution in [0.5, 0.6) is 0 Å². The van der Waals surface area contributed by atoms with Gasteiger partial charge < -0.3 is 10.8 Å². The Kier molecular flexibility index (Phi) is 6.19. The van der Waals surface area contributed by atoms with Crippen molar-refractivity contribution < 1.29 is 19.5 Å². The Hall–Kier alpha value is -0.880. The van der Waals surface area contributed by atoms with Crippen LogP contribution in [0, 0.1) is 0 Å². The predicted molar refractivity (Wildman–Crippen MR) is 57.8 cm³/mol. The lowest BCUT2D eigenvalue weighted by atomic mass is 10.2. The van der Waals surface area contributed by atoms with Crippen LogP contribution in [0.15, 0.2) is 0 Å². The normalized spacial score (nSPS) is 14.3. The maximum atomic E-state index is 11.1. The molecule has 0 aliphatic heterocycles. The molecule has 0 radical (unpaired) electrons. The van der Waals surface area contributed by atoms with E-state index in [0.29, 0.717) is 0 Å². The number of rotatable bonds is 7. The highest BCUT2D eigenvalue weighted by molar-refractivity contribution is 8.00. The number of carboxylic acids is 1. The zero-order valence-corrected chi connectivity index (χ0v) is 9.54. The quantitative estimate of drug-likeness (QED) is 0.645. The van der Waals surface area contributed by atoms with Gasteiger partial charge in [-0.25, -0.2) is 0 Å². The Bertz CT molecular complexity index is 267. The molecule has 0 bridgehead atoms. The van der Waals surface area contributed by atoms with Crippen molar-refractivity contribution in [2.45, 2.75) is 31.6 Å². The minimum absolute atomic E-state index is 0.0911. The number of carbonyl (C=O) groups excluding carboxylic acids is 2. The van der Waals surface area contributed by atoms with E-state index >= 15 is 0 Å². The zero-order chi connectivity index (χ0) is 12.0. The van der Waals surface area contributed by atoms with Crippen LogP contribution in [-0.2, 0) is 14.4 Å². The average molecular weight is 233 g/mol. The molecule has 0 amide bonds. The molecule has 0 saturated heterocycles. The molecule has 0 saturated carbocycles. The third-order valence-corrected chi connectivity index (χ3v) is 3.17. The van der Waals surface area contributed by atoms with E-state index in [1.54, 1.807) is 0 Å². The van der Waals surface area contributed by atoms with Crippen LogP contribution in [-0.4, -0.2) is 39.7 Å². The maximum Gasteiger partial charge on any atom is 0.321 e. The molecular formula is C9H15NO4S. The molecule has 0 fully saturated rings. The highest BCUT2D eigenvalue weighted by Gasteiger charge is 2.20. The summed E-state index contributed by atoms with van der Waals surface area (Å²) in [6.45, 7) is 2.78. The van der Waals surface area contributed by atoms with Crippen LogP contribution in [0.1, 0.15) is 20.3 Å². The van der Waals surface area contributed by atoms with Gasteiger partial charge in [-0.15, -0.1) is 11.8 Å². The van der Waals surface area contributed by atoms with Gasteiger partial charge in [0, 0.05) is 12.2 Å². The van der Waals surface area contributed by atoms with Crippen LogP contribution in [0.2, 0.25) is 0 Å². The van der Waals surface area contributed by atoms with Gasteiger partial charge in [0.15, 0.2) is 0 Å². The average Bonchev–Trinajstić information content (AvgIpc) is 2.10. The molecule has 0 heterocycles. The molecule has 86 valence electrons. The van der Waals surface area contributed by atoms with Gasteiger partial charge in [-0.3, -0.25) is 14.4 Å². The smallest absolute Gasteiger partial charge is 0.321 e. The summed E-state index contributed by atoms with van der Waals surface area (Å²) in [7, 11) is 0. The van der Waals surface area contributed by atoms with Crippen molar-refractivity contribution >= 4 is 29.3 Å². The van der Waals surface area contributed by atoms with E-state index in [4.69, 9.17) is 10.8 Å². The van der Waals surface area contributed by atoms with Gasteiger partial charge >= 0.3 is 5.97 Å². The summed E-state index contributed by atoms with van der Waals surface area (Å²) in [6, 6.07) is -0.996. The number of ketones is 2. The van der Waals surface area contributed by atoms with Gasteiger partial charge in [-0.1, -0.05) is 0 Å². The third kappa shape index (κ3) is 6.24. The zero-order valence-electron chi connectivity index (χ0n) is 8.73. The molecule has 0 unspecified atom stereocenters. The summed E-state index contributed by atoms with van der Waals surface area (Å²) >= 11 is 1.12. The van der Waals surface area contributed by atoms with E-state index in [2.05, 4.69) is 0 Å². The lowest BCUT2D eigenvalue weighted by molar-refractivity contribution is -0.138. The molecule has 0 aliphatic rings. The van der Waals surface area contributed by atoms with Crippen LogP contribution in [0.4, 0.5) is 0 Å². The first-order chi connectivity index (χ1) is 6.84. The van der Waals surface area contributed by atoms with Crippen LogP contribution < -0.4 is 5.73 Å². The van der Waals surface area contributed by atoms with Gasteiger partial charge in [0.1, 0.15) is 17.6 Å². The van der Waals surface area contributed by atoms with Gasteiger partial charge in [0.05, 0.1) is 5.25 Å². The number of Topliss-reactive ketones (excluding diaryl/α,β-unsaturated/α-hetero) is 2. The van der Waals surface area contributed by atoms with E-state index in [9.17, 15) is 14.4 Å². The lowest BCUT2D eigenvalue weighted by Crippen LogP contribution is -2.34. The van der Waals surface area contributed by atoms with Crippen molar-refractivity contribution in [2.24, 2.45) is 5.73 Å². The van der Waals surface area contributed by atoms with Crippen molar-refractivity contribution in [1.29, 1.82) is 0 Å². The Morgan fingerprint density at radius 2 is 1.87 bits per heavy atom. The van der Waals surface area contributed by atoms with E-state index in [0.717, 1.165) is 11.8 Å². The molecular weight excluding hydrogens is 218 g/mol. The minimum Gasteiger partial charge on any atom is -0.480 e. The monoisotopic (exact) mass is 233 g/mol. The van der Waals surface area contributed by atoms with Crippen molar-refractivity contribution in [3.8, 4) is 0 Å². The van der Waals surface area contributed by atoms with E-state index in [-0.39, 0.29) is 23.7 Å². The molecule has 2 atom stereocenters. The molecule has 0 aromatic carbocycles. The summed E-state index contributed by atoms with van der Waals surface area (Å²) in [5, 5.41) is 8.05. The van der Waals surface area contributed by atoms with Crippen LogP contribution >= 0.6 is 11.8 Å². The number of hydrogen-bond donors (Lipinski definition) is 2. The van der Waals surface area contributed by atoms with Crippen molar-refractivity contribution in [1.82, 2.24) is 0 Å². The summed E-state index contributed by atoms with van der Waals surface area (Å²) in [5.74, 6) is -1.20. The Morgan fingerprint density at radius 3 is 2.20 bits per heavy atom. The van der Waals surface area contributed by atoms with E-state index in [1.807, 2.05) is 0 Å². The number of thioether (sulfide) groups is 1. The standard InChI is InChI=1S/C9H15NO4S/c1-5(11)3-8(6(2)12)15-4-7(10)9(13)14/h7-8H,3-4,10H2,1-2H3,(H,13,14)/t7-,8+/m0/s1. The molecule has 0 aliphatic carbocycles. The second-order valence-corrected chi connectivity index (χ2v) is 4.52. The fraction of sp³-hybridized carbons (Fsp3) is 0.667. The minimum atomic E-state index is -1.10. The molecule has 0 aromatic rings. The largest absolute Gasteiger partial charge is 0.480 e. The predicted octanol–water partition coefficient (Wildman–Crippen LogP) is 0.0682. The highest BCUT2D eigenvalue weighted by atomic mass is 32.2. The molecule has 0 rings (SSSR count). The topological polar surface area (TPSA) is 97.5 Å². The number of carboxylic acid groups (broad SMARTS) is 1. The third-order valence-electron chi connectivity index (χ3n) is 1.72. The van der Waals surface area contributed by atoms with E-state index in [1.165, 1.54) is 13.8 Å². The Labute approximate surface area is 92.4 Å². The summed E-state index contributed by atoms with van der Waals surface area (Å²) in [6.07, 6.45) is 0.131. The summed E-state index contributed by atoms with van der Waals surface area (Å²) in [5.41, 5.74) is 5.28. The van der Waals surface area contributed by atoms with Crippen LogP contribution in [0.3, 0.4) is 0 Å². The second kappa shape index (κ2) is 6.58. The van der Waals surface area contributed by atoms with Crippen molar-refractivity contribution in [3.63, 3.8) is 0 Å². The maximum absolute atomic E-state index is 11.1. The highest BCUT2D eigenvalue weighted by Crippen LogP contribution is 2.17. The van der Waals surface area contributed by atoms with Crippen LogP contribution in [0.25, 0.3) is 0 Å². The number of hydrogen-bond acceptors (Lipinski definition) is 5. The molecule has 3 N–H and O–H groups in total. The fourth-order valence-electron chi connectivity index (χ4n) is 0.872. The van der Waals surface area contributed by atoms with Gasteiger partial charge in [0.2, 0.25) is 0 Å². The van der Waals surface area contributed by atoms with E-state index < -0.39 is 17.3 Å². The lowest BCUT2D eigenvalue weighted by Gasteiger charge is -2.13. The molecule has 0 aromatic heterocycles. The first-order valence-corrected chi connectivity index (χ1v) is 5.49. The Morgan fingerprint density at radius 1 is 1.33 bits per heavy atom. The summed E-state index contributed by atoms with van der Waals surface area (Å²) in [4.78, 5) is 32.3. The molecule has 0 spiro atoms. The van der Waals surface area contributed by atoms with Crippen molar-refractivity contribution in [2.75, 3.05) is 5.75 Å². The fourth-order valence-corrected chi connectivity index (χ4v) is 2.04. The van der Waals surface area contributed by atoms with Gasteiger partial charge in [-0.05, 0) is 13.8 Å².